The summed E-state index contributed by atoms with van der Waals surface area (Å²) in [6.45, 7) is 0. The van der Waals surface area contributed by atoms with Crippen molar-refractivity contribution in [3.63, 3.8) is 0 Å². The smallest absolute Gasteiger partial charge is 0.423 e. The summed E-state index contributed by atoms with van der Waals surface area (Å²) >= 11 is 0. The second-order valence-corrected chi connectivity index (χ2v) is 5.74. The average molecular weight is 314 g/mol. The Labute approximate surface area is 142 Å². The van der Waals surface area contributed by atoms with E-state index in [2.05, 4.69) is 30.3 Å². The first-order valence-electron chi connectivity index (χ1n) is 7.98. The molecule has 118 valence electrons. The van der Waals surface area contributed by atoms with Crippen molar-refractivity contribution in [2.45, 2.75) is 6.42 Å². The monoisotopic (exact) mass is 314 g/mol. The van der Waals surface area contributed by atoms with Crippen LogP contribution in [0.2, 0.25) is 0 Å². The third-order valence-electron chi connectivity index (χ3n) is 3.96. The Kier molecular flexibility index (Phi) is 5.27. The molecule has 0 radical (unpaired) electrons. The summed E-state index contributed by atoms with van der Waals surface area (Å²) in [5.74, 6) is 0. The zero-order valence-corrected chi connectivity index (χ0v) is 13.3. The van der Waals surface area contributed by atoms with E-state index in [0.29, 0.717) is 5.46 Å². The van der Waals surface area contributed by atoms with Gasteiger partial charge in [0, 0.05) is 0 Å². The molecule has 2 N–H and O–H groups in total. The molecule has 0 aromatic heterocycles. The largest absolute Gasteiger partial charge is 0.488 e. The molecule has 3 rings (SSSR count). The fraction of sp³-hybridized carbons (Fsp3) is 0.0476. The lowest BCUT2D eigenvalue weighted by Gasteiger charge is -2.10. The minimum Gasteiger partial charge on any atom is -0.423 e. The molecule has 0 aliphatic rings. The molecular formula is C21H19BO2. The standard InChI is InChI=1S/C21H19BO2/c23-22(24)21-13-11-18(12-14-21)16-20(19-9-5-2-6-10-19)15-17-7-3-1-4-8-17/h1-15,23-24H,16H2/b20-15-. The lowest BCUT2D eigenvalue weighted by atomic mass is 9.80. The molecule has 0 amide bonds. The molecule has 0 aliphatic carbocycles. The highest BCUT2D eigenvalue weighted by Crippen LogP contribution is 2.22. The summed E-state index contributed by atoms with van der Waals surface area (Å²) in [4.78, 5) is 0. The lowest BCUT2D eigenvalue weighted by molar-refractivity contribution is 0.426. The van der Waals surface area contributed by atoms with Crippen molar-refractivity contribution >= 4 is 24.2 Å². The molecule has 3 aromatic carbocycles. The van der Waals surface area contributed by atoms with Crippen LogP contribution < -0.4 is 5.46 Å². The maximum Gasteiger partial charge on any atom is 0.488 e. The Morgan fingerprint density at radius 2 is 1.33 bits per heavy atom. The molecule has 24 heavy (non-hydrogen) atoms. The van der Waals surface area contributed by atoms with Crippen LogP contribution in [0.4, 0.5) is 0 Å². The predicted molar refractivity (Wildman–Crippen MR) is 101 cm³/mol. The molecule has 2 nitrogen and oxygen atoms in total. The first kappa shape index (κ1) is 16.3. The van der Waals surface area contributed by atoms with Gasteiger partial charge in [-0.25, -0.2) is 0 Å². The third kappa shape index (κ3) is 4.22. The van der Waals surface area contributed by atoms with Gasteiger partial charge in [-0.2, -0.15) is 0 Å². The van der Waals surface area contributed by atoms with Gasteiger partial charge in [0.25, 0.3) is 0 Å². The number of hydrogen-bond acceptors (Lipinski definition) is 2. The Balaban J connectivity index is 1.92. The normalized spacial score (nSPS) is 11.3. The molecule has 0 aliphatic heterocycles. The van der Waals surface area contributed by atoms with Crippen LogP contribution in [0.15, 0.2) is 84.9 Å². The van der Waals surface area contributed by atoms with E-state index >= 15 is 0 Å². The van der Waals surface area contributed by atoms with Crippen LogP contribution in [-0.4, -0.2) is 17.2 Å². The number of hydrogen-bond donors (Lipinski definition) is 2. The third-order valence-corrected chi connectivity index (χ3v) is 3.96. The minimum atomic E-state index is -1.42. The summed E-state index contributed by atoms with van der Waals surface area (Å²) in [6.07, 6.45) is 2.98. The van der Waals surface area contributed by atoms with Gasteiger partial charge in [-0.1, -0.05) is 91.0 Å². The topological polar surface area (TPSA) is 40.5 Å². The molecule has 0 atom stereocenters. The molecule has 0 bridgehead atoms. The van der Waals surface area contributed by atoms with Crippen LogP contribution in [-0.2, 0) is 6.42 Å². The van der Waals surface area contributed by atoms with Gasteiger partial charge in [0.2, 0.25) is 0 Å². The van der Waals surface area contributed by atoms with E-state index in [1.807, 2.05) is 48.5 Å². The van der Waals surface area contributed by atoms with Crippen LogP contribution in [0.25, 0.3) is 11.6 Å². The molecule has 0 heterocycles. The van der Waals surface area contributed by atoms with Crippen molar-refractivity contribution < 1.29 is 10.0 Å². The van der Waals surface area contributed by atoms with Gasteiger partial charge in [-0.15, -0.1) is 0 Å². The van der Waals surface area contributed by atoms with Crippen LogP contribution in [0.5, 0.6) is 0 Å². The molecule has 0 spiro atoms. The molecule has 0 saturated carbocycles. The quantitative estimate of drug-likeness (QED) is 0.561. The Morgan fingerprint density at radius 3 is 1.92 bits per heavy atom. The zero-order valence-electron chi connectivity index (χ0n) is 13.3. The fourth-order valence-electron chi connectivity index (χ4n) is 2.67. The second-order valence-electron chi connectivity index (χ2n) is 5.74. The van der Waals surface area contributed by atoms with E-state index in [0.717, 1.165) is 12.0 Å². The van der Waals surface area contributed by atoms with Gasteiger partial charge >= 0.3 is 7.12 Å². The number of benzene rings is 3. The first-order chi connectivity index (χ1) is 11.7. The van der Waals surface area contributed by atoms with Gasteiger partial charge in [0.15, 0.2) is 0 Å². The van der Waals surface area contributed by atoms with E-state index in [4.69, 9.17) is 0 Å². The van der Waals surface area contributed by atoms with Crippen LogP contribution in [0.3, 0.4) is 0 Å². The van der Waals surface area contributed by atoms with Crippen molar-refractivity contribution in [2.24, 2.45) is 0 Å². The molecule has 3 heteroatoms. The van der Waals surface area contributed by atoms with Gasteiger partial charge in [0.1, 0.15) is 0 Å². The highest BCUT2D eigenvalue weighted by molar-refractivity contribution is 6.58. The SMILES string of the molecule is OB(O)c1ccc(C/C(=C/c2ccccc2)c2ccccc2)cc1. The van der Waals surface area contributed by atoms with Crippen molar-refractivity contribution in [1.82, 2.24) is 0 Å². The van der Waals surface area contributed by atoms with Crippen molar-refractivity contribution in [3.05, 3.63) is 102 Å². The molecule has 0 saturated heterocycles. The lowest BCUT2D eigenvalue weighted by Crippen LogP contribution is -2.29. The van der Waals surface area contributed by atoms with E-state index in [1.165, 1.54) is 16.7 Å². The fourth-order valence-corrected chi connectivity index (χ4v) is 2.67. The van der Waals surface area contributed by atoms with E-state index < -0.39 is 7.12 Å². The maximum absolute atomic E-state index is 9.21. The van der Waals surface area contributed by atoms with E-state index in [1.54, 1.807) is 12.1 Å². The second kappa shape index (κ2) is 7.78. The van der Waals surface area contributed by atoms with Crippen molar-refractivity contribution in [1.29, 1.82) is 0 Å². The Morgan fingerprint density at radius 1 is 0.750 bits per heavy atom. The average Bonchev–Trinajstić information content (AvgIpc) is 2.63. The van der Waals surface area contributed by atoms with E-state index in [-0.39, 0.29) is 0 Å². The van der Waals surface area contributed by atoms with E-state index in [9.17, 15) is 10.0 Å². The van der Waals surface area contributed by atoms with Gasteiger partial charge in [-0.05, 0) is 34.1 Å². The molecule has 0 fully saturated rings. The number of allylic oxidation sites excluding steroid dienone is 1. The maximum atomic E-state index is 9.21. The first-order valence-corrected chi connectivity index (χ1v) is 7.98. The summed E-state index contributed by atoms with van der Waals surface area (Å²) in [5.41, 5.74) is 5.21. The predicted octanol–water partition coefficient (Wildman–Crippen LogP) is 3.15. The van der Waals surface area contributed by atoms with Gasteiger partial charge in [0.05, 0.1) is 0 Å². The summed E-state index contributed by atoms with van der Waals surface area (Å²) in [7, 11) is -1.42. The summed E-state index contributed by atoms with van der Waals surface area (Å²) in [5, 5.41) is 18.4. The van der Waals surface area contributed by atoms with Crippen molar-refractivity contribution in [3.8, 4) is 0 Å². The highest BCUT2D eigenvalue weighted by atomic mass is 16.4. The Bertz CT molecular complexity index is 794. The molecule has 3 aromatic rings. The minimum absolute atomic E-state index is 0.507. The van der Waals surface area contributed by atoms with Crippen LogP contribution in [0.1, 0.15) is 16.7 Å². The number of rotatable bonds is 5. The van der Waals surface area contributed by atoms with Crippen LogP contribution >= 0.6 is 0 Å². The highest BCUT2D eigenvalue weighted by Gasteiger charge is 2.10. The van der Waals surface area contributed by atoms with Crippen molar-refractivity contribution in [2.75, 3.05) is 0 Å². The zero-order chi connectivity index (χ0) is 16.8. The van der Waals surface area contributed by atoms with Gasteiger partial charge < -0.3 is 10.0 Å². The molecule has 0 unspecified atom stereocenters. The Hall–Kier alpha value is -2.62. The summed E-state index contributed by atoms with van der Waals surface area (Å²) < 4.78 is 0. The van der Waals surface area contributed by atoms with Gasteiger partial charge in [-0.3, -0.25) is 0 Å². The summed E-state index contributed by atoms with van der Waals surface area (Å²) in [6, 6.07) is 28.0. The molecular weight excluding hydrogens is 295 g/mol. The van der Waals surface area contributed by atoms with Crippen LogP contribution in [0, 0.1) is 0 Å².